The summed E-state index contributed by atoms with van der Waals surface area (Å²) in [5.74, 6) is -0.347. The molecule has 18 heavy (non-hydrogen) atoms. The Hall–Kier alpha value is -1.00. The van der Waals surface area contributed by atoms with Crippen molar-refractivity contribution in [3.8, 4) is 0 Å². The van der Waals surface area contributed by atoms with E-state index >= 15 is 0 Å². The largest absolute Gasteiger partial charge is 0.480 e. The molecular formula is C14H21NO2S. The lowest BCUT2D eigenvalue weighted by molar-refractivity contribution is -0.144. The van der Waals surface area contributed by atoms with Gasteiger partial charge in [-0.2, -0.15) is 11.8 Å². The predicted molar refractivity (Wildman–Crippen MR) is 77.0 cm³/mol. The minimum Gasteiger partial charge on any atom is -0.480 e. The van der Waals surface area contributed by atoms with Gasteiger partial charge >= 0.3 is 5.97 Å². The predicted octanol–water partition coefficient (Wildman–Crippen LogP) is 2.72. The highest BCUT2D eigenvalue weighted by molar-refractivity contribution is 8.00. The minimum absolute atomic E-state index is 0.0341. The number of aliphatic carboxylic acids is 1. The molecule has 1 atom stereocenters. The van der Waals surface area contributed by atoms with Crippen LogP contribution in [0.4, 0.5) is 0 Å². The van der Waals surface area contributed by atoms with Crippen molar-refractivity contribution < 1.29 is 9.90 Å². The van der Waals surface area contributed by atoms with E-state index in [-0.39, 0.29) is 4.75 Å². The smallest absolute Gasteiger partial charge is 0.329 e. The van der Waals surface area contributed by atoms with Crippen LogP contribution in [-0.4, -0.2) is 28.6 Å². The van der Waals surface area contributed by atoms with Gasteiger partial charge in [0.1, 0.15) is 0 Å². The first-order valence-corrected chi connectivity index (χ1v) is 6.92. The molecule has 0 aliphatic carbocycles. The van der Waals surface area contributed by atoms with Crippen molar-refractivity contribution in [2.45, 2.75) is 31.1 Å². The number of carboxylic acids is 1. The SMILES string of the molecule is CNC(CSC(C)(C)C)(C(=O)O)c1ccccc1. The Morgan fingerprint density at radius 1 is 1.28 bits per heavy atom. The highest BCUT2D eigenvalue weighted by Gasteiger charge is 2.39. The van der Waals surface area contributed by atoms with E-state index in [1.54, 1.807) is 18.8 Å². The van der Waals surface area contributed by atoms with Gasteiger partial charge in [0, 0.05) is 10.5 Å². The second kappa shape index (κ2) is 5.76. The van der Waals surface area contributed by atoms with Crippen LogP contribution in [0.15, 0.2) is 30.3 Å². The van der Waals surface area contributed by atoms with Crippen LogP contribution < -0.4 is 5.32 Å². The molecule has 1 aromatic carbocycles. The molecule has 0 spiro atoms. The highest BCUT2D eigenvalue weighted by atomic mass is 32.2. The number of carboxylic acid groups (broad SMARTS) is 1. The Labute approximate surface area is 113 Å². The monoisotopic (exact) mass is 267 g/mol. The Kier molecular flexibility index (Phi) is 4.82. The summed E-state index contributed by atoms with van der Waals surface area (Å²) in [5, 5.41) is 12.6. The molecule has 0 amide bonds. The zero-order valence-electron chi connectivity index (χ0n) is 11.4. The molecule has 0 fully saturated rings. The molecule has 1 rings (SSSR count). The number of likely N-dealkylation sites (N-methyl/N-ethyl adjacent to an activating group) is 1. The average Bonchev–Trinajstić information content (AvgIpc) is 2.30. The highest BCUT2D eigenvalue weighted by Crippen LogP contribution is 2.32. The van der Waals surface area contributed by atoms with Crippen molar-refractivity contribution in [1.29, 1.82) is 0 Å². The quantitative estimate of drug-likeness (QED) is 0.861. The van der Waals surface area contributed by atoms with Gasteiger partial charge in [-0.25, -0.2) is 4.79 Å². The van der Waals surface area contributed by atoms with Gasteiger partial charge in [0.05, 0.1) is 0 Å². The van der Waals surface area contributed by atoms with Crippen molar-refractivity contribution in [3.63, 3.8) is 0 Å². The van der Waals surface area contributed by atoms with Gasteiger partial charge in [0.25, 0.3) is 0 Å². The van der Waals surface area contributed by atoms with Gasteiger partial charge in [0.2, 0.25) is 0 Å². The molecule has 0 aromatic heterocycles. The second-order valence-corrected chi connectivity index (χ2v) is 7.03. The van der Waals surface area contributed by atoms with E-state index < -0.39 is 11.5 Å². The topological polar surface area (TPSA) is 49.3 Å². The summed E-state index contributed by atoms with van der Waals surface area (Å²) in [6, 6.07) is 9.34. The summed E-state index contributed by atoms with van der Waals surface area (Å²) in [6.07, 6.45) is 0. The van der Waals surface area contributed by atoms with Gasteiger partial charge in [-0.3, -0.25) is 0 Å². The standard InChI is InChI=1S/C14H21NO2S/c1-13(2,3)18-10-14(15-4,12(16)17)11-8-6-5-7-9-11/h5-9,15H,10H2,1-4H3,(H,16,17). The zero-order valence-corrected chi connectivity index (χ0v) is 12.2. The molecule has 0 aliphatic heterocycles. The number of rotatable bonds is 5. The summed E-state index contributed by atoms with van der Waals surface area (Å²) in [6.45, 7) is 6.26. The molecule has 0 aliphatic rings. The summed E-state index contributed by atoms with van der Waals surface area (Å²) >= 11 is 1.64. The van der Waals surface area contributed by atoms with Crippen molar-refractivity contribution >= 4 is 17.7 Å². The molecule has 2 N–H and O–H groups in total. The van der Waals surface area contributed by atoms with Crippen LogP contribution in [-0.2, 0) is 10.3 Å². The molecule has 3 nitrogen and oxygen atoms in total. The van der Waals surface area contributed by atoms with Crippen molar-refractivity contribution in [2.75, 3.05) is 12.8 Å². The summed E-state index contributed by atoms with van der Waals surface area (Å²) in [7, 11) is 1.70. The van der Waals surface area contributed by atoms with Crippen LogP contribution in [0.3, 0.4) is 0 Å². The maximum atomic E-state index is 11.7. The van der Waals surface area contributed by atoms with Crippen LogP contribution in [0.5, 0.6) is 0 Å². The Morgan fingerprint density at radius 2 is 1.83 bits per heavy atom. The third-order valence-electron chi connectivity index (χ3n) is 2.78. The molecular weight excluding hydrogens is 246 g/mol. The molecule has 0 saturated carbocycles. The maximum absolute atomic E-state index is 11.7. The summed E-state index contributed by atoms with van der Waals surface area (Å²) in [5.41, 5.74) is -0.240. The van der Waals surface area contributed by atoms with Gasteiger partial charge in [-0.1, -0.05) is 51.1 Å². The zero-order chi connectivity index (χ0) is 13.8. The lowest BCUT2D eigenvalue weighted by Gasteiger charge is -2.32. The lowest BCUT2D eigenvalue weighted by atomic mass is 9.92. The minimum atomic E-state index is -1.03. The first kappa shape index (κ1) is 15.1. The van der Waals surface area contributed by atoms with E-state index in [1.165, 1.54) is 0 Å². The van der Waals surface area contributed by atoms with E-state index in [2.05, 4.69) is 26.1 Å². The molecule has 1 unspecified atom stereocenters. The van der Waals surface area contributed by atoms with Crippen molar-refractivity contribution in [1.82, 2.24) is 5.32 Å². The Bertz CT molecular complexity index is 400. The molecule has 100 valence electrons. The van der Waals surface area contributed by atoms with E-state index in [0.29, 0.717) is 5.75 Å². The number of thioether (sulfide) groups is 1. The average molecular weight is 267 g/mol. The summed E-state index contributed by atoms with van der Waals surface area (Å²) in [4.78, 5) is 11.7. The fourth-order valence-corrected chi connectivity index (χ4v) is 2.72. The number of hydrogen-bond donors (Lipinski definition) is 2. The van der Waals surface area contributed by atoms with Gasteiger partial charge in [0.15, 0.2) is 5.54 Å². The third-order valence-corrected chi connectivity index (χ3v) is 4.22. The number of nitrogens with one attached hydrogen (secondary N) is 1. The third kappa shape index (κ3) is 3.50. The van der Waals surface area contributed by atoms with Gasteiger partial charge < -0.3 is 10.4 Å². The van der Waals surface area contributed by atoms with E-state index in [1.807, 2.05) is 30.3 Å². The number of hydrogen-bond acceptors (Lipinski definition) is 3. The first-order chi connectivity index (χ1) is 8.32. The maximum Gasteiger partial charge on any atom is 0.329 e. The van der Waals surface area contributed by atoms with Gasteiger partial charge in [-0.05, 0) is 12.6 Å². The summed E-state index contributed by atoms with van der Waals surface area (Å²) < 4.78 is 0.0341. The van der Waals surface area contributed by atoms with Crippen molar-refractivity contribution in [2.24, 2.45) is 0 Å². The second-order valence-electron chi connectivity index (χ2n) is 5.23. The first-order valence-electron chi connectivity index (χ1n) is 5.93. The fourth-order valence-electron chi connectivity index (χ4n) is 1.64. The Morgan fingerprint density at radius 3 is 2.22 bits per heavy atom. The van der Waals surface area contributed by atoms with Crippen LogP contribution in [0.1, 0.15) is 26.3 Å². The van der Waals surface area contributed by atoms with Gasteiger partial charge in [-0.15, -0.1) is 0 Å². The lowest BCUT2D eigenvalue weighted by Crippen LogP contribution is -2.50. The van der Waals surface area contributed by atoms with Crippen LogP contribution in [0.25, 0.3) is 0 Å². The molecule has 1 aromatic rings. The van der Waals surface area contributed by atoms with E-state index in [0.717, 1.165) is 5.56 Å². The molecule has 0 radical (unpaired) electrons. The van der Waals surface area contributed by atoms with Crippen molar-refractivity contribution in [3.05, 3.63) is 35.9 Å². The molecule has 0 saturated heterocycles. The van der Waals surface area contributed by atoms with E-state index in [4.69, 9.17) is 0 Å². The van der Waals surface area contributed by atoms with Crippen LogP contribution >= 0.6 is 11.8 Å². The van der Waals surface area contributed by atoms with E-state index in [9.17, 15) is 9.90 Å². The molecule has 0 bridgehead atoms. The molecule has 4 heteroatoms. The fraction of sp³-hybridized carbons (Fsp3) is 0.500. The number of benzene rings is 1. The van der Waals surface area contributed by atoms with Crippen LogP contribution in [0.2, 0.25) is 0 Å². The van der Waals surface area contributed by atoms with Crippen LogP contribution in [0, 0.1) is 0 Å². The molecule has 0 heterocycles. The number of carbonyl (C=O) groups is 1. The Balaban J connectivity index is 3.07. The normalized spacial score (nSPS) is 15.1.